The minimum atomic E-state index is -0.0277. The molecule has 0 radical (unpaired) electrons. The summed E-state index contributed by atoms with van der Waals surface area (Å²) in [5.41, 5.74) is 2.32. The number of anilines is 1. The maximum atomic E-state index is 12.1. The van der Waals surface area contributed by atoms with Crippen molar-refractivity contribution in [1.82, 2.24) is 15.5 Å². The summed E-state index contributed by atoms with van der Waals surface area (Å²) < 4.78 is 5.39. The predicted molar refractivity (Wildman–Crippen MR) is 146 cm³/mol. The van der Waals surface area contributed by atoms with Crippen LogP contribution in [0.3, 0.4) is 0 Å². The van der Waals surface area contributed by atoms with E-state index in [1.54, 1.807) is 26.1 Å². The average molecular weight is 566 g/mol. The molecule has 1 aliphatic heterocycles. The minimum Gasteiger partial charge on any atom is -0.497 e. The van der Waals surface area contributed by atoms with Gasteiger partial charge in [0, 0.05) is 45.0 Å². The Morgan fingerprint density at radius 1 is 1.21 bits per heavy atom. The number of carbonyl (C=O) groups is 1. The number of guanidine groups is 1. The van der Waals surface area contributed by atoms with Crippen LogP contribution in [0.15, 0.2) is 59.6 Å². The van der Waals surface area contributed by atoms with E-state index in [-0.39, 0.29) is 48.5 Å². The van der Waals surface area contributed by atoms with E-state index in [4.69, 9.17) is 4.74 Å². The lowest BCUT2D eigenvalue weighted by Gasteiger charge is -2.36. The number of rotatable bonds is 7. The fraction of sp³-hybridized carbons (Fsp3) is 0.440. The van der Waals surface area contributed by atoms with Gasteiger partial charge in [0.1, 0.15) is 12.3 Å². The third kappa shape index (κ3) is 8.10. The number of ether oxygens (including phenoxy) is 1. The van der Waals surface area contributed by atoms with Crippen LogP contribution >= 0.6 is 24.0 Å². The fourth-order valence-corrected chi connectivity index (χ4v) is 3.78. The lowest BCUT2D eigenvalue weighted by atomic mass is 10.0. The molecule has 2 aromatic rings. The molecule has 1 heterocycles. The zero-order valence-electron chi connectivity index (χ0n) is 20.0. The number of amides is 1. The number of nitrogens with one attached hydrogen (secondary N) is 2. The average Bonchev–Trinajstić information content (AvgIpc) is 2.83. The predicted octanol–water partition coefficient (Wildman–Crippen LogP) is 3.67. The van der Waals surface area contributed by atoms with Gasteiger partial charge in [-0.1, -0.05) is 36.4 Å². The Hall–Kier alpha value is -2.49. The van der Waals surface area contributed by atoms with Crippen LogP contribution in [0, 0.1) is 0 Å². The minimum absolute atomic E-state index is 0. The van der Waals surface area contributed by atoms with Crippen molar-refractivity contribution in [2.45, 2.75) is 31.8 Å². The van der Waals surface area contributed by atoms with Gasteiger partial charge in [-0.25, -0.2) is 4.99 Å². The molecule has 0 saturated carbocycles. The van der Waals surface area contributed by atoms with Crippen LogP contribution < -0.4 is 20.3 Å². The molecule has 33 heavy (non-hydrogen) atoms. The highest BCUT2D eigenvalue weighted by atomic mass is 127. The lowest BCUT2D eigenvalue weighted by Crippen LogP contribution is -2.51. The molecule has 0 spiro atoms. The van der Waals surface area contributed by atoms with Crippen molar-refractivity contribution in [2.24, 2.45) is 4.99 Å². The van der Waals surface area contributed by atoms with Crippen LogP contribution in [0.4, 0.5) is 5.69 Å². The van der Waals surface area contributed by atoms with E-state index in [2.05, 4.69) is 51.7 Å². The Labute approximate surface area is 214 Å². The van der Waals surface area contributed by atoms with E-state index in [0.29, 0.717) is 5.96 Å². The molecule has 1 aliphatic rings. The number of piperidine rings is 1. The first-order valence-electron chi connectivity index (χ1n) is 11.2. The number of likely N-dealkylation sites (N-methyl/N-ethyl adjacent to an activating group) is 1. The summed E-state index contributed by atoms with van der Waals surface area (Å²) in [4.78, 5) is 20.7. The van der Waals surface area contributed by atoms with Gasteiger partial charge in [-0.3, -0.25) is 4.79 Å². The number of halogens is 1. The van der Waals surface area contributed by atoms with Crippen LogP contribution in [0.5, 0.6) is 5.75 Å². The van der Waals surface area contributed by atoms with Crippen molar-refractivity contribution in [3.05, 3.63) is 60.2 Å². The molecule has 8 heteroatoms. The number of hydrogen-bond acceptors (Lipinski definition) is 4. The van der Waals surface area contributed by atoms with Gasteiger partial charge in [0.15, 0.2) is 5.96 Å². The summed E-state index contributed by atoms with van der Waals surface area (Å²) in [6.07, 6.45) is 2.12. The number of aliphatic imine (C=N–C) groups is 1. The maximum absolute atomic E-state index is 12.1. The summed E-state index contributed by atoms with van der Waals surface area (Å²) in [5, 5.41) is 7.05. The highest BCUT2D eigenvalue weighted by Crippen LogP contribution is 2.24. The zero-order valence-corrected chi connectivity index (χ0v) is 22.3. The largest absolute Gasteiger partial charge is 0.497 e. The summed E-state index contributed by atoms with van der Waals surface area (Å²) in [5.74, 6) is 1.49. The quantitative estimate of drug-likeness (QED) is 0.305. The van der Waals surface area contributed by atoms with Crippen LogP contribution in [-0.2, 0) is 4.79 Å². The third-order valence-corrected chi connectivity index (χ3v) is 5.70. The maximum Gasteiger partial charge on any atom is 0.243 e. The third-order valence-electron chi connectivity index (χ3n) is 5.70. The molecule has 0 aromatic heterocycles. The van der Waals surface area contributed by atoms with Crippen molar-refractivity contribution in [1.29, 1.82) is 0 Å². The number of benzene rings is 2. The van der Waals surface area contributed by atoms with Gasteiger partial charge in [-0.15, -0.1) is 24.0 Å². The number of carbonyl (C=O) groups excluding carboxylic acids is 1. The molecule has 1 fully saturated rings. The summed E-state index contributed by atoms with van der Waals surface area (Å²) >= 11 is 0. The van der Waals surface area contributed by atoms with Crippen molar-refractivity contribution < 1.29 is 9.53 Å². The summed E-state index contributed by atoms with van der Waals surface area (Å²) in [7, 11) is 5.19. The molecule has 0 bridgehead atoms. The second-order valence-electron chi connectivity index (χ2n) is 8.36. The van der Waals surface area contributed by atoms with E-state index in [0.717, 1.165) is 37.4 Å². The second-order valence-corrected chi connectivity index (χ2v) is 8.36. The highest BCUT2D eigenvalue weighted by molar-refractivity contribution is 14.0. The molecule has 1 amide bonds. The van der Waals surface area contributed by atoms with Gasteiger partial charge in [0.05, 0.1) is 13.2 Å². The van der Waals surface area contributed by atoms with Crippen molar-refractivity contribution >= 4 is 41.5 Å². The molecule has 3 rings (SSSR count). The van der Waals surface area contributed by atoms with Gasteiger partial charge >= 0.3 is 0 Å². The smallest absolute Gasteiger partial charge is 0.243 e. The van der Waals surface area contributed by atoms with E-state index in [1.165, 1.54) is 5.56 Å². The van der Waals surface area contributed by atoms with Crippen molar-refractivity contribution in [2.75, 3.05) is 45.7 Å². The first-order chi connectivity index (χ1) is 15.5. The van der Waals surface area contributed by atoms with E-state index in [1.807, 2.05) is 30.3 Å². The summed E-state index contributed by atoms with van der Waals surface area (Å²) in [6.45, 7) is 4.07. The number of nitrogens with zero attached hydrogens (tertiary/aromatic N) is 3. The molecule has 180 valence electrons. The highest BCUT2D eigenvalue weighted by Gasteiger charge is 2.22. The second kappa shape index (κ2) is 13.3. The van der Waals surface area contributed by atoms with Gasteiger partial charge in [-0.2, -0.15) is 0 Å². The molecule has 0 aliphatic carbocycles. The van der Waals surface area contributed by atoms with Crippen LogP contribution in [-0.4, -0.2) is 63.6 Å². The van der Waals surface area contributed by atoms with Crippen molar-refractivity contribution in [3.63, 3.8) is 0 Å². The Morgan fingerprint density at radius 3 is 2.67 bits per heavy atom. The standard InChI is InChI=1S/C25H35N5O2.HI/c1-19(20-10-6-5-7-11-20)27-25(26-17-24(31)29(2)3)28-21-12-9-15-30(18-21)22-13-8-14-23(16-22)32-4;/h5-8,10-11,13-14,16,19,21H,9,12,15,17-18H2,1-4H3,(H2,26,27,28);1H. The number of hydrogen-bond donors (Lipinski definition) is 2. The molecule has 2 aromatic carbocycles. The Balaban J connectivity index is 0.00000385. The molecule has 1 saturated heterocycles. The van der Waals surface area contributed by atoms with Crippen LogP contribution in [0.2, 0.25) is 0 Å². The molecular formula is C25H36IN5O2. The number of methoxy groups -OCH3 is 1. The van der Waals surface area contributed by atoms with E-state index in [9.17, 15) is 4.79 Å². The topological polar surface area (TPSA) is 69.2 Å². The van der Waals surface area contributed by atoms with Crippen molar-refractivity contribution in [3.8, 4) is 5.75 Å². The van der Waals surface area contributed by atoms with E-state index < -0.39 is 0 Å². The van der Waals surface area contributed by atoms with Crippen LogP contribution in [0.25, 0.3) is 0 Å². The fourth-order valence-electron chi connectivity index (χ4n) is 3.78. The molecule has 2 unspecified atom stereocenters. The molecule has 2 N–H and O–H groups in total. The van der Waals surface area contributed by atoms with Crippen LogP contribution in [0.1, 0.15) is 31.4 Å². The first-order valence-corrected chi connectivity index (χ1v) is 11.2. The molecular weight excluding hydrogens is 529 g/mol. The first kappa shape index (κ1) is 26.8. The SMILES string of the molecule is COc1cccc(N2CCCC(NC(=NCC(=O)N(C)C)NC(C)c3ccccc3)C2)c1.I. The van der Waals surface area contributed by atoms with Gasteiger partial charge < -0.3 is 25.2 Å². The summed E-state index contributed by atoms with van der Waals surface area (Å²) in [6, 6.07) is 18.7. The lowest BCUT2D eigenvalue weighted by molar-refractivity contribution is -0.127. The van der Waals surface area contributed by atoms with Gasteiger partial charge in [-0.05, 0) is 37.5 Å². The van der Waals surface area contributed by atoms with Gasteiger partial charge in [0.2, 0.25) is 5.91 Å². The Kier molecular flexibility index (Phi) is 10.8. The molecule has 7 nitrogen and oxygen atoms in total. The molecule has 2 atom stereocenters. The Bertz CT molecular complexity index is 907. The van der Waals surface area contributed by atoms with Gasteiger partial charge in [0.25, 0.3) is 0 Å². The van der Waals surface area contributed by atoms with E-state index >= 15 is 0 Å². The Morgan fingerprint density at radius 2 is 1.97 bits per heavy atom. The monoisotopic (exact) mass is 565 g/mol. The normalized spacial score (nSPS) is 16.9. The zero-order chi connectivity index (χ0) is 22.9.